The molecule has 9 nitrogen and oxygen atoms in total. The van der Waals surface area contributed by atoms with Crippen molar-refractivity contribution in [1.29, 1.82) is 0 Å². The number of hydrogen-bond acceptors (Lipinski definition) is 8. The van der Waals surface area contributed by atoms with Crippen molar-refractivity contribution < 1.29 is 33.4 Å². The van der Waals surface area contributed by atoms with Crippen LogP contribution in [0, 0.1) is 6.92 Å². The summed E-state index contributed by atoms with van der Waals surface area (Å²) in [6.45, 7) is 4.84. The molecule has 0 aliphatic carbocycles. The van der Waals surface area contributed by atoms with Crippen molar-refractivity contribution in [1.82, 2.24) is 4.90 Å². The minimum atomic E-state index is -1.05. The Balaban J connectivity index is 1.74. The molecule has 1 saturated heterocycles. The van der Waals surface area contributed by atoms with E-state index in [2.05, 4.69) is 5.32 Å². The molecule has 1 heterocycles. The SMILES string of the molecule is CCOC(=O)[C@@H](C)N1C(=O)S/C(=C/c2cc(Cl)c(OCC(=O)Nc3ccc(C)cc3)c(OC)c2)C1=O. The number of nitrogens with zero attached hydrogens (tertiary/aromatic N) is 1. The van der Waals surface area contributed by atoms with Gasteiger partial charge in [-0.25, -0.2) is 4.79 Å². The second kappa shape index (κ2) is 12.0. The Labute approximate surface area is 217 Å². The van der Waals surface area contributed by atoms with Crippen LogP contribution in [0.3, 0.4) is 0 Å². The van der Waals surface area contributed by atoms with Crippen molar-refractivity contribution in [2.45, 2.75) is 26.8 Å². The van der Waals surface area contributed by atoms with Crippen LogP contribution >= 0.6 is 23.4 Å². The number of imide groups is 1. The second-order valence-corrected chi connectivity index (χ2v) is 9.12. The number of rotatable bonds is 9. The molecule has 0 saturated carbocycles. The number of halogens is 1. The Bertz CT molecular complexity index is 1210. The fourth-order valence-corrected chi connectivity index (χ4v) is 4.45. The smallest absolute Gasteiger partial charge is 0.329 e. The van der Waals surface area contributed by atoms with E-state index in [-0.39, 0.29) is 40.5 Å². The summed E-state index contributed by atoms with van der Waals surface area (Å²) in [6.07, 6.45) is 1.46. The van der Waals surface area contributed by atoms with Gasteiger partial charge in [0.05, 0.1) is 23.6 Å². The van der Waals surface area contributed by atoms with Crippen LogP contribution in [0.25, 0.3) is 6.08 Å². The Hall–Kier alpha value is -3.50. The Morgan fingerprint density at radius 2 is 1.89 bits per heavy atom. The van der Waals surface area contributed by atoms with E-state index >= 15 is 0 Å². The number of carbonyl (C=O) groups excluding carboxylic acids is 4. The van der Waals surface area contributed by atoms with Crippen molar-refractivity contribution in [3.8, 4) is 11.5 Å². The maximum absolute atomic E-state index is 12.8. The van der Waals surface area contributed by atoms with Crippen LogP contribution in [-0.4, -0.2) is 54.3 Å². The second-order valence-electron chi connectivity index (χ2n) is 7.72. The maximum atomic E-state index is 12.8. The number of methoxy groups -OCH3 is 1. The molecule has 3 rings (SSSR count). The van der Waals surface area contributed by atoms with Gasteiger partial charge >= 0.3 is 5.97 Å². The summed E-state index contributed by atoms with van der Waals surface area (Å²) < 4.78 is 15.9. The first-order valence-corrected chi connectivity index (χ1v) is 12.1. The number of aryl methyl sites for hydroxylation is 1. The largest absolute Gasteiger partial charge is 0.493 e. The molecule has 3 amide bonds. The van der Waals surface area contributed by atoms with Gasteiger partial charge in [-0.15, -0.1) is 0 Å². The van der Waals surface area contributed by atoms with Crippen molar-refractivity contribution in [3.05, 3.63) is 57.5 Å². The third-order valence-corrected chi connectivity index (χ3v) is 6.24. The lowest BCUT2D eigenvalue weighted by Crippen LogP contribution is -2.42. The zero-order valence-corrected chi connectivity index (χ0v) is 21.7. The molecule has 0 aromatic heterocycles. The average Bonchev–Trinajstić information content (AvgIpc) is 3.11. The van der Waals surface area contributed by atoms with Crippen LogP contribution in [0.5, 0.6) is 11.5 Å². The van der Waals surface area contributed by atoms with E-state index in [1.54, 1.807) is 25.1 Å². The van der Waals surface area contributed by atoms with Gasteiger partial charge in [0.15, 0.2) is 18.1 Å². The molecule has 190 valence electrons. The number of ether oxygens (including phenoxy) is 3. The normalized spacial score (nSPS) is 15.1. The van der Waals surface area contributed by atoms with Crippen LogP contribution in [0.1, 0.15) is 25.0 Å². The van der Waals surface area contributed by atoms with Crippen LogP contribution < -0.4 is 14.8 Å². The van der Waals surface area contributed by atoms with Gasteiger partial charge in [0.1, 0.15) is 6.04 Å². The van der Waals surface area contributed by atoms with E-state index in [1.807, 2.05) is 19.1 Å². The lowest BCUT2D eigenvalue weighted by atomic mass is 10.1. The number of esters is 1. The van der Waals surface area contributed by atoms with E-state index in [0.29, 0.717) is 23.0 Å². The predicted molar refractivity (Wildman–Crippen MR) is 137 cm³/mol. The topological polar surface area (TPSA) is 111 Å². The lowest BCUT2D eigenvalue weighted by Gasteiger charge is -2.19. The number of nitrogens with one attached hydrogen (secondary N) is 1. The molecular formula is C25H25ClN2O7S. The number of hydrogen-bond donors (Lipinski definition) is 1. The monoisotopic (exact) mass is 532 g/mol. The van der Waals surface area contributed by atoms with E-state index in [9.17, 15) is 19.2 Å². The molecule has 2 aromatic rings. The summed E-state index contributed by atoms with van der Waals surface area (Å²) in [7, 11) is 1.41. The highest BCUT2D eigenvalue weighted by Gasteiger charge is 2.41. The molecule has 1 N–H and O–H groups in total. The Morgan fingerprint density at radius 1 is 1.19 bits per heavy atom. The summed E-state index contributed by atoms with van der Waals surface area (Å²) in [4.78, 5) is 50.4. The molecule has 2 aromatic carbocycles. The van der Waals surface area contributed by atoms with Gasteiger partial charge in [0, 0.05) is 5.69 Å². The van der Waals surface area contributed by atoms with E-state index in [0.717, 1.165) is 10.5 Å². The maximum Gasteiger partial charge on any atom is 0.329 e. The molecule has 0 radical (unpaired) electrons. The first-order chi connectivity index (χ1) is 17.1. The van der Waals surface area contributed by atoms with Gasteiger partial charge in [0.25, 0.3) is 17.1 Å². The van der Waals surface area contributed by atoms with E-state index in [4.69, 9.17) is 25.8 Å². The molecule has 36 heavy (non-hydrogen) atoms. The summed E-state index contributed by atoms with van der Waals surface area (Å²) in [5, 5.41) is 2.29. The summed E-state index contributed by atoms with van der Waals surface area (Å²) in [5.41, 5.74) is 2.16. The third kappa shape index (κ3) is 6.38. The Kier molecular flexibility index (Phi) is 9.00. The van der Waals surface area contributed by atoms with Gasteiger partial charge in [0.2, 0.25) is 0 Å². The van der Waals surface area contributed by atoms with Crippen molar-refractivity contribution in [2.24, 2.45) is 0 Å². The minimum absolute atomic E-state index is 0.111. The molecule has 11 heteroatoms. The van der Waals surface area contributed by atoms with Crippen LogP contribution in [0.15, 0.2) is 41.3 Å². The van der Waals surface area contributed by atoms with Crippen molar-refractivity contribution in [3.63, 3.8) is 0 Å². The molecule has 1 atom stereocenters. The average molecular weight is 533 g/mol. The fraction of sp³-hybridized carbons (Fsp3) is 0.280. The molecule has 0 unspecified atom stereocenters. The van der Waals surface area contributed by atoms with Crippen LogP contribution in [0.2, 0.25) is 5.02 Å². The number of amides is 3. The molecule has 0 bridgehead atoms. The van der Waals surface area contributed by atoms with Gasteiger partial charge in [-0.1, -0.05) is 29.3 Å². The minimum Gasteiger partial charge on any atom is -0.493 e. The van der Waals surface area contributed by atoms with Crippen LogP contribution in [0.4, 0.5) is 10.5 Å². The summed E-state index contributed by atoms with van der Waals surface area (Å²) >= 11 is 7.09. The highest BCUT2D eigenvalue weighted by Crippen LogP contribution is 2.39. The fourth-order valence-electron chi connectivity index (χ4n) is 3.27. The highest BCUT2D eigenvalue weighted by molar-refractivity contribution is 8.18. The third-order valence-electron chi connectivity index (χ3n) is 5.07. The predicted octanol–water partition coefficient (Wildman–Crippen LogP) is 4.66. The quantitative estimate of drug-likeness (QED) is 0.366. The summed E-state index contributed by atoms with van der Waals surface area (Å²) in [6, 6.07) is 9.34. The molecule has 1 fully saturated rings. The summed E-state index contributed by atoms with van der Waals surface area (Å²) in [5.74, 6) is -1.28. The van der Waals surface area contributed by atoms with Crippen molar-refractivity contribution >= 4 is 58.1 Å². The lowest BCUT2D eigenvalue weighted by molar-refractivity contribution is -0.150. The number of thioether (sulfide) groups is 1. The zero-order chi connectivity index (χ0) is 26.4. The van der Waals surface area contributed by atoms with E-state index < -0.39 is 23.2 Å². The van der Waals surface area contributed by atoms with Gasteiger partial charge < -0.3 is 19.5 Å². The highest BCUT2D eigenvalue weighted by atomic mass is 35.5. The molecule has 1 aliphatic rings. The standard InChI is InChI=1S/C25H25ClN2O7S/c1-5-34-24(31)15(3)28-23(30)20(36-25(28)32)12-16-10-18(26)22(19(11-16)33-4)35-13-21(29)27-17-8-6-14(2)7-9-17/h6-12,15H,5,13H2,1-4H3,(H,27,29)/b20-12+/t15-/m1/s1. The van der Waals surface area contributed by atoms with Crippen molar-refractivity contribution in [2.75, 3.05) is 25.6 Å². The Morgan fingerprint density at radius 3 is 2.53 bits per heavy atom. The number of anilines is 1. The zero-order valence-electron chi connectivity index (χ0n) is 20.1. The first-order valence-electron chi connectivity index (χ1n) is 10.9. The van der Waals surface area contributed by atoms with Gasteiger partial charge in [-0.05, 0) is 68.4 Å². The molecular weight excluding hydrogens is 508 g/mol. The molecule has 0 spiro atoms. The number of carbonyl (C=O) groups is 4. The van der Waals surface area contributed by atoms with Crippen LogP contribution in [-0.2, 0) is 19.1 Å². The van der Waals surface area contributed by atoms with E-state index in [1.165, 1.54) is 26.2 Å². The van der Waals surface area contributed by atoms with Gasteiger partial charge in [-0.2, -0.15) is 0 Å². The number of benzene rings is 2. The molecule has 1 aliphatic heterocycles. The first kappa shape index (κ1) is 27.1. The van der Waals surface area contributed by atoms with Gasteiger partial charge in [-0.3, -0.25) is 19.3 Å².